The lowest BCUT2D eigenvalue weighted by molar-refractivity contribution is 0.104. The molecule has 0 atom stereocenters. The van der Waals surface area contributed by atoms with E-state index in [1.54, 1.807) is 49.5 Å². The van der Waals surface area contributed by atoms with Crippen LogP contribution in [-0.2, 0) is 0 Å². The monoisotopic (exact) mass is 298 g/mol. The Hall–Kier alpha value is -2.27. The van der Waals surface area contributed by atoms with Crippen LogP contribution in [0.25, 0.3) is 0 Å². The van der Waals surface area contributed by atoms with Gasteiger partial charge in [-0.15, -0.1) is 0 Å². The van der Waals surface area contributed by atoms with E-state index in [0.717, 1.165) is 21.4 Å². The van der Waals surface area contributed by atoms with Crippen LogP contribution in [0.5, 0.6) is 5.75 Å². The van der Waals surface area contributed by atoms with Gasteiger partial charge in [0.2, 0.25) is 0 Å². The summed E-state index contributed by atoms with van der Waals surface area (Å²) in [6, 6.07) is 9.33. The molecule has 0 fully saturated rings. The SMILES string of the molecule is COc1ccc2c(c1)S/C(=C/C(=O)c1ccncc1)N2C. The van der Waals surface area contributed by atoms with Crippen molar-refractivity contribution in [1.82, 2.24) is 4.98 Å². The smallest absolute Gasteiger partial charge is 0.188 e. The maximum atomic E-state index is 12.3. The molecule has 1 aliphatic heterocycles. The minimum Gasteiger partial charge on any atom is -0.497 e. The molecule has 0 saturated carbocycles. The van der Waals surface area contributed by atoms with E-state index in [1.807, 2.05) is 30.1 Å². The Bertz CT molecular complexity index is 713. The molecule has 3 rings (SSSR count). The van der Waals surface area contributed by atoms with Crippen LogP contribution in [0.1, 0.15) is 10.4 Å². The number of ketones is 1. The van der Waals surface area contributed by atoms with Gasteiger partial charge in [-0.3, -0.25) is 9.78 Å². The number of methoxy groups -OCH3 is 1. The van der Waals surface area contributed by atoms with Crippen LogP contribution >= 0.6 is 11.8 Å². The van der Waals surface area contributed by atoms with Crippen LogP contribution in [0.4, 0.5) is 5.69 Å². The first-order valence-electron chi connectivity index (χ1n) is 6.44. The molecule has 2 aromatic rings. The minimum atomic E-state index is -0.0217. The lowest BCUT2D eigenvalue weighted by atomic mass is 10.2. The van der Waals surface area contributed by atoms with Crippen LogP contribution < -0.4 is 9.64 Å². The zero-order chi connectivity index (χ0) is 14.8. The molecule has 106 valence electrons. The number of aromatic nitrogens is 1. The number of fused-ring (bicyclic) bond motifs is 1. The topological polar surface area (TPSA) is 42.4 Å². The van der Waals surface area contributed by atoms with Crippen molar-refractivity contribution >= 4 is 23.2 Å². The van der Waals surface area contributed by atoms with E-state index in [1.165, 1.54) is 0 Å². The number of allylic oxidation sites excluding steroid dienone is 1. The molecule has 1 aromatic carbocycles. The van der Waals surface area contributed by atoms with E-state index in [2.05, 4.69) is 4.98 Å². The number of pyridine rings is 1. The fourth-order valence-electron chi connectivity index (χ4n) is 2.12. The fourth-order valence-corrected chi connectivity index (χ4v) is 3.23. The number of carbonyl (C=O) groups is 1. The van der Waals surface area contributed by atoms with Gasteiger partial charge in [0.15, 0.2) is 5.78 Å². The normalized spacial score (nSPS) is 15.1. The Labute approximate surface area is 127 Å². The summed E-state index contributed by atoms with van der Waals surface area (Å²) in [6.45, 7) is 0. The molecule has 0 unspecified atom stereocenters. The highest BCUT2D eigenvalue weighted by Gasteiger charge is 2.23. The van der Waals surface area contributed by atoms with Gasteiger partial charge in [-0.1, -0.05) is 11.8 Å². The average molecular weight is 298 g/mol. The highest BCUT2D eigenvalue weighted by molar-refractivity contribution is 8.03. The van der Waals surface area contributed by atoms with Crippen LogP contribution in [0.3, 0.4) is 0 Å². The molecule has 0 amide bonds. The summed E-state index contributed by atoms with van der Waals surface area (Å²) in [5.74, 6) is 0.794. The second-order valence-electron chi connectivity index (χ2n) is 4.58. The number of hydrogen-bond acceptors (Lipinski definition) is 5. The fraction of sp³-hybridized carbons (Fsp3) is 0.125. The van der Waals surface area contributed by atoms with Crippen LogP contribution in [0.2, 0.25) is 0 Å². The molecular formula is C16H14N2O2S. The summed E-state index contributed by atoms with van der Waals surface area (Å²) in [5, 5.41) is 0.903. The number of carbonyl (C=O) groups excluding carboxylic acids is 1. The number of rotatable bonds is 3. The first-order chi connectivity index (χ1) is 10.2. The van der Waals surface area contributed by atoms with Crippen molar-refractivity contribution < 1.29 is 9.53 Å². The molecule has 2 heterocycles. The summed E-state index contributed by atoms with van der Waals surface area (Å²) in [6.07, 6.45) is 4.90. The lowest BCUT2D eigenvalue weighted by Gasteiger charge is -2.13. The third kappa shape index (κ3) is 2.64. The van der Waals surface area contributed by atoms with Gasteiger partial charge in [0.05, 0.1) is 17.8 Å². The Balaban J connectivity index is 1.88. The second kappa shape index (κ2) is 5.61. The van der Waals surface area contributed by atoms with E-state index in [-0.39, 0.29) is 5.78 Å². The predicted molar refractivity (Wildman–Crippen MR) is 83.9 cm³/mol. The number of anilines is 1. The van der Waals surface area contributed by atoms with Crippen LogP contribution in [-0.4, -0.2) is 24.9 Å². The summed E-state index contributed by atoms with van der Waals surface area (Å²) in [4.78, 5) is 19.3. The van der Waals surface area contributed by atoms with Crippen molar-refractivity contribution in [3.8, 4) is 5.75 Å². The maximum Gasteiger partial charge on any atom is 0.188 e. The van der Waals surface area contributed by atoms with Crippen molar-refractivity contribution in [1.29, 1.82) is 0 Å². The van der Waals surface area contributed by atoms with E-state index < -0.39 is 0 Å². The maximum absolute atomic E-state index is 12.3. The van der Waals surface area contributed by atoms with Gasteiger partial charge in [-0.2, -0.15) is 0 Å². The molecule has 1 aliphatic rings. The summed E-state index contributed by atoms with van der Waals surface area (Å²) < 4.78 is 5.24. The van der Waals surface area contributed by atoms with Gasteiger partial charge in [-0.25, -0.2) is 0 Å². The summed E-state index contributed by atoms with van der Waals surface area (Å²) >= 11 is 1.57. The number of thioether (sulfide) groups is 1. The molecule has 5 heteroatoms. The Morgan fingerprint density at radius 1 is 1.29 bits per heavy atom. The second-order valence-corrected chi connectivity index (χ2v) is 5.64. The molecular weight excluding hydrogens is 284 g/mol. The Morgan fingerprint density at radius 2 is 2.05 bits per heavy atom. The van der Waals surface area contributed by atoms with E-state index in [0.29, 0.717) is 5.56 Å². The largest absolute Gasteiger partial charge is 0.497 e. The average Bonchev–Trinajstić information content (AvgIpc) is 2.83. The summed E-state index contributed by atoms with van der Waals surface area (Å²) in [7, 11) is 3.60. The van der Waals surface area contributed by atoms with E-state index in [4.69, 9.17) is 4.74 Å². The number of hydrogen-bond donors (Lipinski definition) is 0. The molecule has 1 aromatic heterocycles. The molecule has 0 aliphatic carbocycles. The molecule has 0 radical (unpaired) electrons. The Morgan fingerprint density at radius 3 is 2.76 bits per heavy atom. The van der Waals surface area contributed by atoms with Crippen LogP contribution in [0.15, 0.2) is 58.7 Å². The van der Waals surface area contributed by atoms with Crippen molar-refractivity contribution in [2.45, 2.75) is 4.90 Å². The third-order valence-electron chi connectivity index (χ3n) is 3.29. The van der Waals surface area contributed by atoms with Gasteiger partial charge < -0.3 is 9.64 Å². The molecule has 0 N–H and O–H groups in total. The van der Waals surface area contributed by atoms with Gasteiger partial charge in [0.1, 0.15) is 5.75 Å². The Kier molecular flexibility index (Phi) is 3.66. The van der Waals surface area contributed by atoms with Gasteiger partial charge >= 0.3 is 0 Å². The number of nitrogens with zero attached hydrogens (tertiary/aromatic N) is 2. The van der Waals surface area contributed by atoms with Gasteiger partial charge in [-0.05, 0) is 30.3 Å². The molecule has 21 heavy (non-hydrogen) atoms. The molecule has 0 bridgehead atoms. The van der Waals surface area contributed by atoms with Crippen molar-refractivity contribution in [3.63, 3.8) is 0 Å². The van der Waals surface area contributed by atoms with E-state index >= 15 is 0 Å². The first-order valence-corrected chi connectivity index (χ1v) is 7.26. The molecule has 4 nitrogen and oxygen atoms in total. The highest BCUT2D eigenvalue weighted by atomic mass is 32.2. The van der Waals surface area contributed by atoms with Crippen molar-refractivity contribution in [2.75, 3.05) is 19.1 Å². The lowest BCUT2D eigenvalue weighted by Crippen LogP contribution is -2.11. The molecule has 0 spiro atoms. The number of benzene rings is 1. The highest BCUT2D eigenvalue weighted by Crippen LogP contribution is 2.46. The van der Waals surface area contributed by atoms with E-state index in [9.17, 15) is 4.79 Å². The zero-order valence-electron chi connectivity index (χ0n) is 11.7. The number of ether oxygens (including phenoxy) is 1. The minimum absolute atomic E-state index is 0.0217. The quantitative estimate of drug-likeness (QED) is 0.642. The molecule has 0 saturated heterocycles. The van der Waals surface area contributed by atoms with Gasteiger partial charge in [0.25, 0.3) is 0 Å². The van der Waals surface area contributed by atoms with Crippen LogP contribution in [0, 0.1) is 0 Å². The van der Waals surface area contributed by atoms with Crippen molar-refractivity contribution in [2.24, 2.45) is 0 Å². The zero-order valence-corrected chi connectivity index (χ0v) is 12.6. The van der Waals surface area contributed by atoms with Crippen molar-refractivity contribution in [3.05, 3.63) is 59.4 Å². The standard InChI is InChI=1S/C16H14N2O2S/c1-18-13-4-3-12(20-2)9-15(13)21-16(18)10-14(19)11-5-7-17-8-6-11/h3-10H,1-2H3/b16-10+. The third-order valence-corrected chi connectivity index (χ3v) is 4.44. The van der Waals surface area contributed by atoms with Gasteiger partial charge in [0, 0.05) is 36.0 Å². The first kappa shape index (κ1) is 13.7. The predicted octanol–water partition coefficient (Wildman–Crippen LogP) is 3.36. The summed E-state index contributed by atoms with van der Waals surface area (Å²) in [5.41, 5.74) is 1.72.